The zero-order valence-electron chi connectivity index (χ0n) is 13.6. The average molecular weight is 327 g/mol. The fraction of sp³-hybridized carbons (Fsp3) is 0.250. The topological polar surface area (TPSA) is 95.0 Å². The molecule has 3 aromatic rings. The van der Waals surface area contributed by atoms with Gasteiger partial charge < -0.3 is 9.73 Å². The van der Waals surface area contributed by atoms with Gasteiger partial charge in [0.05, 0.1) is 23.3 Å². The SMILES string of the molecule is Cc1nn(C)c(C)c1NC(=O)Cn1nc(-c2ccco2)ccc1=O. The van der Waals surface area contributed by atoms with Crippen LogP contribution in [0.5, 0.6) is 0 Å². The summed E-state index contributed by atoms with van der Waals surface area (Å²) in [6.45, 7) is 3.48. The van der Waals surface area contributed by atoms with Crippen LogP contribution >= 0.6 is 0 Å². The number of amides is 1. The number of nitrogens with zero attached hydrogens (tertiary/aromatic N) is 4. The number of anilines is 1. The fourth-order valence-electron chi connectivity index (χ4n) is 2.39. The van der Waals surface area contributed by atoms with Gasteiger partial charge in [0.1, 0.15) is 12.2 Å². The lowest BCUT2D eigenvalue weighted by molar-refractivity contribution is -0.117. The van der Waals surface area contributed by atoms with Crippen molar-refractivity contribution in [2.45, 2.75) is 20.4 Å². The molecule has 3 heterocycles. The summed E-state index contributed by atoms with van der Waals surface area (Å²) >= 11 is 0. The predicted octanol–water partition coefficient (Wildman–Crippen LogP) is 1.49. The summed E-state index contributed by atoms with van der Waals surface area (Å²) in [4.78, 5) is 24.2. The third-order valence-corrected chi connectivity index (χ3v) is 3.71. The van der Waals surface area contributed by atoms with E-state index in [-0.39, 0.29) is 18.0 Å². The van der Waals surface area contributed by atoms with Gasteiger partial charge in [0.25, 0.3) is 5.56 Å². The molecule has 3 aromatic heterocycles. The van der Waals surface area contributed by atoms with Crippen LogP contribution in [0.3, 0.4) is 0 Å². The summed E-state index contributed by atoms with van der Waals surface area (Å²) in [7, 11) is 1.80. The maximum Gasteiger partial charge on any atom is 0.267 e. The van der Waals surface area contributed by atoms with Crippen molar-refractivity contribution in [2.24, 2.45) is 7.05 Å². The molecule has 0 aliphatic heterocycles. The predicted molar refractivity (Wildman–Crippen MR) is 87.5 cm³/mol. The Hall–Kier alpha value is -3.16. The largest absolute Gasteiger partial charge is 0.463 e. The molecular weight excluding hydrogens is 310 g/mol. The Morgan fingerprint density at radius 3 is 2.67 bits per heavy atom. The molecule has 0 saturated heterocycles. The van der Waals surface area contributed by atoms with E-state index in [9.17, 15) is 9.59 Å². The van der Waals surface area contributed by atoms with E-state index in [1.165, 1.54) is 12.3 Å². The highest BCUT2D eigenvalue weighted by Crippen LogP contribution is 2.18. The van der Waals surface area contributed by atoms with Gasteiger partial charge in [-0.25, -0.2) is 4.68 Å². The number of furan rings is 1. The van der Waals surface area contributed by atoms with E-state index in [1.807, 2.05) is 13.8 Å². The zero-order valence-corrected chi connectivity index (χ0v) is 13.6. The Balaban J connectivity index is 1.82. The van der Waals surface area contributed by atoms with Crippen LogP contribution in [0.2, 0.25) is 0 Å². The molecule has 0 unspecified atom stereocenters. The lowest BCUT2D eigenvalue weighted by atomic mass is 10.3. The Kier molecular flexibility index (Phi) is 4.03. The summed E-state index contributed by atoms with van der Waals surface area (Å²) in [6.07, 6.45) is 1.52. The van der Waals surface area contributed by atoms with Crippen molar-refractivity contribution in [3.63, 3.8) is 0 Å². The van der Waals surface area contributed by atoms with Gasteiger partial charge in [-0.05, 0) is 32.0 Å². The van der Waals surface area contributed by atoms with Crippen LogP contribution in [0.25, 0.3) is 11.5 Å². The van der Waals surface area contributed by atoms with Crippen LogP contribution in [-0.2, 0) is 18.4 Å². The van der Waals surface area contributed by atoms with E-state index in [2.05, 4.69) is 15.5 Å². The van der Waals surface area contributed by atoms with Crippen LogP contribution in [0, 0.1) is 13.8 Å². The summed E-state index contributed by atoms with van der Waals surface area (Å²) in [5, 5.41) is 11.2. The third kappa shape index (κ3) is 2.98. The lowest BCUT2D eigenvalue weighted by Gasteiger charge is -2.08. The smallest absolute Gasteiger partial charge is 0.267 e. The van der Waals surface area contributed by atoms with Gasteiger partial charge >= 0.3 is 0 Å². The first-order chi connectivity index (χ1) is 11.5. The zero-order chi connectivity index (χ0) is 17.3. The molecule has 0 fully saturated rings. The maximum absolute atomic E-state index is 12.3. The van der Waals surface area contributed by atoms with Gasteiger partial charge in [-0.1, -0.05) is 0 Å². The van der Waals surface area contributed by atoms with Crippen LogP contribution < -0.4 is 10.9 Å². The summed E-state index contributed by atoms with van der Waals surface area (Å²) in [5.41, 5.74) is 2.33. The van der Waals surface area contributed by atoms with Crippen LogP contribution in [-0.4, -0.2) is 25.5 Å². The van der Waals surface area contributed by atoms with Crippen molar-refractivity contribution < 1.29 is 9.21 Å². The molecule has 24 heavy (non-hydrogen) atoms. The second-order valence-electron chi connectivity index (χ2n) is 5.41. The molecule has 0 aliphatic rings. The molecule has 1 N–H and O–H groups in total. The van der Waals surface area contributed by atoms with Gasteiger partial charge in [-0.15, -0.1) is 0 Å². The van der Waals surface area contributed by atoms with Crippen LogP contribution in [0.15, 0.2) is 39.7 Å². The molecule has 3 rings (SSSR count). The van der Waals surface area contributed by atoms with Gasteiger partial charge in [-0.2, -0.15) is 10.2 Å². The summed E-state index contributed by atoms with van der Waals surface area (Å²) < 4.78 is 8.05. The molecule has 0 atom stereocenters. The minimum absolute atomic E-state index is 0.193. The van der Waals surface area contributed by atoms with Crippen molar-refractivity contribution in [2.75, 3.05) is 5.32 Å². The van der Waals surface area contributed by atoms with Crippen molar-refractivity contribution in [1.29, 1.82) is 0 Å². The number of carbonyl (C=O) groups is 1. The van der Waals surface area contributed by atoms with Gasteiger partial charge in [-0.3, -0.25) is 14.3 Å². The highest BCUT2D eigenvalue weighted by atomic mass is 16.3. The van der Waals surface area contributed by atoms with Crippen LogP contribution in [0.4, 0.5) is 5.69 Å². The number of aromatic nitrogens is 4. The number of hydrogen-bond acceptors (Lipinski definition) is 5. The Labute approximate surface area is 137 Å². The molecule has 8 nitrogen and oxygen atoms in total. The quantitative estimate of drug-likeness (QED) is 0.783. The van der Waals surface area contributed by atoms with Crippen molar-refractivity contribution >= 4 is 11.6 Å². The first kappa shape index (κ1) is 15.7. The number of nitrogens with one attached hydrogen (secondary N) is 1. The van der Waals surface area contributed by atoms with Crippen molar-refractivity contribution in [3.8, 4) is 11.5 Å². The minimum atomic E-state index is -0.361. The lowest BCUT2D eigenvalue weighted by Crippen LogP contribution is -2.29. The number of carbonyl (C=O) groups excluding carboxylic acids is 1. The fourth-order valence-corrected chi connectivity index (χ4v) is 2.39. The highest BCUT2D eigenvalue weighted by molar-refractivity contribution is 5.91. The van der Waals surface area contributed by atoms with Gasteiger partial charge in [0, 0.05) is 13.1 Å². The summed E-state index contributed by atoms with van der Waals surface area (Å²) in [6, 6.07) is 6.39. The molecule has 0 spiro atoms. The molecule has 8 heteroatoms. The number of hydrogen-bond donors (Lipinski definition) is 1. The molecule has 0 aromatic carbocycles. The van der Waals surface area contributed by atoms with E-state index in [1.54, 1.807) is 29.9 Å². The standard InChI is InChI=1S/C16H17N5O3/c1-10-16(11(2)20(3)18-10)17-14(22)9-21-15(23)7-6-12(19-21)13-5-4-8-24-13/h4-8H,9H2,1-3H3,(H,17,22). The average Bonchev–Trinajstić information content (AvgIpc) is 3.15. The first-order valence-corrected chi connectivity index (χ1v) is 7.38. The number of rotatable bonds is 4. The molecule has 1 amide bonds. The minimum Gasteiger partial charge on any atom is -0.463 e. The van der Waals surface area contributed by atoms with Crippen molar-refractivity contribution in [3.05, 3.63) is 52.3 Å². The normalized spacial score (nSPS) is 10.8. The maximum atomic E-state index is 12.3. The van der Waals surface area contributed by atoms with E-state index in [4.69, 9.17) is 4.42 Å². The van der Waals surface area contributed by atoms with Gasteiger partial charge in [0.15, 0.2) is 5.76 Å². The molecule has 0 aliphatic carbocycles. The van der Waals surface area contributed by atoms with E-state index in [0.717, 1.165) is 10.4 Å². The summed E-state index contributed by atoms with van der Waals surface area (Å²) in [5.74, 6) is 0.184. The molecule has 0 radical (unpaired) electrons. The molecule has 0 saturated carbocycles. The van der Waals surface area contributed by atoms with Crippen molar-refractivity contribution in [1.82, 2.24) is 19.6 Å². The molecule has 124 valence electrons. The monoisotopic (exact) mass is 327 g/mol. The Morgan fingerprint density at radius 2 is 2.04 bits per heavy atom. The van der Waals surface area contributed by atoms with Gasteiger partial charge in [0.2, 0.25) is 5.91 Å². The highest BCUT2D eigenvalue weighted by Gasteiger charge is 2.14. The van der Waals surface area contributed by atoms with E-state index >= 15 is 0 Å². The van der Waals surface area contributed by atoms with E-state index in [0.29, 0.717) is 22.8 Å². The van der Waals surface area contributed by atoms with E-state index < -0.39 is 0 Å². The Bertz CT molecular complexity index is 937. The van der Waals surface area contributed by atoms with Crippen LogP contribution in [0.1, 0.15) is 11.4 Å². The second-order valence-corrected chi connectivity index (χ2v) is 5.41. The first-order valence-electron chi connectivity index (χ1n) is 7.38. The second kappa shape index (κ2) is 6.15. The third-order valence-electron chi connectivity index (χ3n) is 3.71. The molecular formula is C16H17N5O3. The molecule has 0 bridgehead atoms. The Morgan fingerprint density at radius 1 is 1.25 bits per heavy atom. The number of aryl methyl sites for hydroxylation is 2.